The Morgan fingerprint density at radius 3 is 2.32 bits per heavy atom. The molecule has 0 saturated heterocycles. The van der Waals surface area contributed by atoms with Gasteiger partial charge >= 0.3 is 0 Å². The number of hydrogen-bond donors (Lipinski definition) is 2. The van der Waals surface area contributed by atoms with Gasteiger partial charge in [0.2, 0.25) is 0 Å². The molecule has 0 aromatic heterocycles. The number of halogens is 1. The summed E-state index contributed by atoms with van der Waals surface area (Å²) < 4.78 is 13.7. The molecule has 0 bridgehead atoms. The first-order chi connectivity index (χ1) is 9.02. The maximum atomic E-state index is 13.7. The van der Waals surface area contributed by atoms with Crippen LogP contribution in [0.2, 0.25) is 0 Å². The summed E-state index contributed by atoms with van der Waals surface area (Å²) >= 11 is 0. The van der Waals surface area contributed by atoms with Crippen LogP contribution in [0.25, 0.3) is 0 Å². The van der Waals surface area contributed by atoms with Crippen LogP contribution in [0.3, 0.4) is 0 Å². The van der Waals surface area contributed by atoms with E-state index in [1.807, 2.05) is 19.9 Å². The van der Waals surface area contributed by atoms with Crippen LogP contribution in [-0.4, -0.2) is 0 Å². The molecule has 0 aliphatic heterocycles. The normalized spacial score (nSPS) is 12.5. The van der Waals surface area contributed by atoms with E-state index in [9.17, 15) is 4.39 Å². The van der Waals surface area contributed by atoms with E-state index in [4.69, 9.17) is 5.84 Å². The number of benzene rings is 2. The Morgan fingerprint density at radius 2 is 1.68 bits per heavy atom. The summed E-state index contributed by atoms with van der Waals surface area (Å²) in [7, 11) is 0. The van der Waals surface area contributed by atoms with Crippen LogP contribution >= 0.6 is 0 Å². The first kappa shape index (κ1) is 13.7. The molecular weight excluding hydrogens is 239 g/mol. The smallest absolute Gasteiger partial charge is 0.126 e. The lowest BCUT2D eigenvalue weighted by atomic mass is 9.93. The highest BCUT2D eigenvalue weighted by atomic mass is 19.1. The standard InChI is InChI=1S/C16H19FN2/c1-10-4-5-11(2)14(8-10)16(19-18)13-7-6-12(3)15(17)9-13/h4-9,16,19H,18H2,1-3H3. The summed E-state index contributed by atoms with van der Waals surface area (Å²) in [6.45, 7) is 5.82. The molecule has 2 aromatic rings. The largest absolute Gasteiger partial charge is 0.271 e. The Labute approximate surface area is 113 Å². The van der Waals surface area contributed by atoms with E-state index in [1.54, 1.807) is 19.1 Å². The zero-order valence-corrected chi connectivity index (χ0v) is 11.5. The monoisotopic (exact) mass is 258 g/mol. The van der Waals surface area contributed by atoms with Crippen LogP contribution in [0, 0.1) is 26.6 Å². The predicted molar refractivity (Wildman–Crippen MR) is 76.2 cm³/mol. The van der Waals surface area contributed by atoms with Gasteiger partial charge in [0.05, 0.1) is 6.04 Å². The molecule has 100 valence electrons. The number of nitrogens with one attached hydrogen (secondary N) is 1. The Morgan fingerprint density at radius 1 is 1.00 bits per heavy atom. The van der Waals surface area contributed by atoms with Gasteiger partial charge in [-0.15, -0.1) is 0 Å². The molecule has 2 nitrogen and oxygen atoms in total. The van der Waals surface area contributed by atoms with E-state index in [0.717, 1.165) is 22.3 Å². The van der Waals surface area contributed by atoms with Crippen LogP contribution < -0.4 is 11.3 Å². The summed E-state index contributed by atoms with van der Waals surface area (Å²) in [4.78, 5) is 0. The third-order valence-electron chi connectivity index (χ3n) is 3.44. The second-order valence-corrected chi connectivity index (χ2v) is 4.97. The van der Waals surface area contributed by atoms with Crippen molar-refractivity contribution in [3.05, 3.63) is 70.0 Å². The topological polar surface area (TPSA) is 38.0 Å². The lowest BCUT2D eigenvalue weighted by Gasteiger charge is -2.20. The van der Waals surface area contributed by atoms with Gasteiger partial charge in [-0.2, -0.15) is 0 Å². The van der Waals surface area contributed by atoms with Gasteiger partial charge in [-0.3, -0.25) is 5.84 Å². The Kier molecular flexibility index (Phi) is 3.98. The van der Waals surface area contributed by atoms with Crippen LogP contribution in [0.5, 0.6) is 0 Å². The molecule has 0 radical (unpaired) electrons. The molecule has 0 saturated carbocycles. The van der Waals surface area contributed by atoms with E-state index >= 15 is 0 Å². The average Bonchev–Trinajstić information content (AvgIpc) is 2.38. The molecule has 2 rings (SSSR count). The fraction of sp³-hybridized carbons (Fsp3) is 0.250. The summed E-state index contributed by atoms with van der Waals surface area (Å²) in [6.07, 6.45) is 0. The summed E-state index contributed by atoms with van der Waals surface area (Å²) in [5, 5.41) is 0. The van der Waals surface area contributed by atoms with E-state index in [-0.39, 0.29) is 11.9 Å². The fourth-order valence-electron chi connectivity index (χ4n) is 2.23. The molecule has 1 atom stereocenters. The maximum absolute atomic E-state index is 13.7. The van der Waals surface area contributed by atoms with Crippen molar-refractivity contribution < 1.29 is 4.39 Å². The number of rotatable bonds is 3. The molecule has 3 N–H and O–H groups in total. The Hall–Kier alpha value is -1.71. The van der Waals surface area contributed by atoms with E-state index in [2.05, 4.69) is 23.6 Å². The van der Waals surface area contributed by atoms with E-state index in [0.29, 0.717) is 5.56 Å². The van der Waals surface area contributed by atoms with Gasteiger partial charge < -0.3 is 0 Å². The predicted octanol–water partition coefficient (Wildman–Crippen LogP) is 3.30. The first-order valence-electron chi connectivity index (χ1n) is 6.32. The highest BCUT2D eigenvalue weighted by Gasteiger charge is 2.16. The average molecular weight is 258 g/mol. The van der Waals surface area contributed by atoms with Gasteiger partial charge in [0, 0.05) is 0 Å². The zero-order valence-electron chi connectivity index (χ0n) is 11.5. The minimum Gasteiger partial charge on any atom is -0.271 e. The van der Waals surface area contributed by atoms with Gasteiger partial charge in [0.25, 0.3) is 0 Å². The maximum Gasteiger partial charge on any atom is 0.126 e. The molecule has 0 aliphatic carbocycles. The van der Waals surface area contributed by atoms with Crippen LogP contribution in [0.4, 0.5) is 4.39 Å². The van der Waals surface area contributed by atoms with Crippen LogP contribution in [0.1, 0.15) is 33.9 Å². The SMILES string of the molecule is Cc1ccc(C)c(C(NN)c2ccc(C)c(F)c2)c1. The van der Waals surface area contributed by atoms with Crippen molar-refractivity contribution in [1.29, 1.82) is 0 Å². The van der Waals surface area contributed by atoms with Gasteiger partial charge in [-0.25, -0.2) is 9.82 Å². The molecule has 0 aliphatic rings. The van der Waals surface area contributed by atoms with Gasteiger partial charge in [-0.1, -0.05) is 35.9 Å². The molecular formula is C16H19FN2. The second kappa shape index (κ2) is 5.51. The minimum atomic E-state index is -0.206. The lowest BCUT2D eigenvalue weighted by Crippen LogP contribution is -2.29. The number of aryl methyl sites for hydroxylation is 3. The number of hydrogen-bond acceptors (Lipinski definition) is 2. The number of hydrazine groups is 1. The molecule has 0 fully saturated rings. The van der Waals surface area contributed by atoms with Crippen molar-refractivity contribution >= 4 is 0 Å². The Bertz CT molecular complexity index is 593. The van der Waals surface area contributed by atoms with Gasteiger partial charge in [-0.05, 0) is 49.1 Å². The van der Waals surface area contributed by atoms with Crippen molar-refractivity contribution in [2.75, 3.05) is 0 Å². The third kappa shape index (κ3) is 2.83. The van der Waals surface area contributed by atoms with Crippen molar-refractivity contribution in [3.8, 4) is 0 Å². The van der Waals surface area contributed by atoms with Gasteiger partial charge in [0.15, 0.2) is 0 Å². The highest BCUT2D eigenvalue weighted by Crippen LogP contribution is 2.26. The summed E-state index contributed by atoms with van der Waals surface area (Å²) in [6, 6.07) is 11.2. The van der Waals surface area contributed by atoms with Crippen LogP contribution in [0.15, 0.2) is 36.4 Å². The van der Waals surface area contributed by atoms with Crippen LogP contribution in [-0.2, 0) is 0 Å². The molecule has 19 heavy (non-hydrogen) atoms. The summed E-state index contributed by atoms with van der Waals surface area (Å²) in [5.41, 5.74) is 7.62. The van der Waals surface area contributed by atoms with Gasteiger partial charge in [0.1, 0.15) is 5.82 Å². The number of nitrogens with two attached hydrogens (primary N) is 1. The third-order valence-corrected chi connectivity index (χ3v) is 3.44. The minimum absolute atomic E-state index is 0.199. The molecule has 3 heteroatoms. The first-order valence-corrected chi connectivity index (χ1v) is 6.32. The zero-order chi connectivity index (χ0) is 14.0. The second-order valence-electron chi connectivity index (χ2n) is 4.97. The molecule has 2 aromatic carbocycles. The summed E-state index contributed by atoms with van der Waals surface area (Å²) in [5.74, 6) is 5.47. The Balaban J connectivity index is 2.49. The van der Waals surface area contributed by atoms with E-state index in [1.165, 1.54) is 0 Å². The van der Waals surface area contributed by atoms with Crippen molar-refractivity contribution in [3.63, 3.8) is 0 Å². The van der Waals surface area contributed by atoms with Crippen molar-refractivity contribution in [1.82, 2.24) is 5.43 Å². The molecule has 1 unspecified atom stereocenters. The van der Waals surface area contributed by atoms with Crippen molar-refractivity contribution in [2.45, 2.75) is 26.8 Å². The molecule has 0 spiro atoms. The molecule has 0 amide bonds. The quantitative estimate of drug-likeness (QED) is 0.655. The lowest BCUT2D eigenvalue weighted by molar-refractivity contribution is 0.598. The molecule has 0 heterocycles. The fourth-order valence-corrected chi connectivity index (χ4v) is 2.23. The van der Waals surface area contributed by atoms with Crippen molar-refractivity contribution in [2.24, 2.45) is 5.84 Å². The highest BCUT2D eigenvalue weighted by molar-refractivity contribution is 5.40. The van der Waals surface area contributed by atoms with E-state index < -0.39 is 0 Å².